The minimum atomic E-state index is -1.16. The fourth-order valence-electron chi connectivity index (χ4n) is 0.855. The lowest BCUT2D eigenvalue weighted by Gasteiger charge is -2.04. The van der Waals surface area contributed by atoms with Crippen molar-refractivity contribution in [2.75, 3.05) is 5.75 Å². The molecule has 0 aliphatic heterocycles. The summed E-state index contributed by atoms with van der Waals surface area (Å²) < 4.78 is 0. The number of hydrogen-bond acceptors (Lipinski definition) is 5. The molecule has 0 aliphatic carbocycles. The third-order valence-electron chi connectivity index (χ3n) is 1.45. The lowest BCUT2D eigenvalue weighted by Crippen LogP contribution is -2.24. The zero-order valence-electron chi connectivity index (χ0n) is 7.48. The first kappa shape index (κ1) is 10.5. The second kappa shape index (κ2) is 4.63. The first-order valence-electron chi connectivity index (χ1n) is 3.84. The molecule has 5 heteroatoms. The van der Waals surface area contributed by atoms with Crippen molar-refractivity contribution in [2.45, 2.75) is 11.9 Å². The summed E-state index contributed by atoms with van der Waals surface area (Å²) in [4.78, 5) is 14.3. The highest BCUT2D eigenvalue weighted by Crippen LogP contribution is 2.19. The highest BCUT2D eigenvalue weighted by molar-refractivity contribution is 7.99. The van der Waals surface area contributed by atoms with Crippen molar-refractivity contribution in [1.29, 1.82) is 5.26 Å². The van der Waals surface area contributed by atoms with Gasteiger partial charge in [-0.2, -0.15) is 5.26 Å². The molecule has 0 saturated heterocycles. The van der Waals surface area contributed by atoms with E-state index in [-0.39, 0.29) is 5.75 Å². The molecule has 14 heavy (non-hydrogen) atoms. The van der Waals surface area contributed by atoms with E-state index in [0.717, 1.165) is 17.5 Å². The molecular weight excluding hydrogens is 200 g/mol. The Bertz CT molecular complexity index is 398. The average molecular weight is 207 g/mol. The van der Waals surface area contributed by atoms with Gasteiger partial charge in [0, 0.05) is 11.4 Å². The molecule has 0 radical (unpaired) electrons. The van der Waals surface area contributed by atoms with E-state index >= 15 is 0 Å². The van der Waals surface area contributed by atoms with Crippen LogP contribution >= 0.6 is 11.8 Å². The summed E-state index contributed by atoms with van der Waals surface area (Å²) >= 11 is 0.998. The second-order valence-corrected chi connectivity index (χ2v) is 3.54. The molecule has 4 nitrogen and oxygen atoms in total. The van der Waals surface area contributed by atoms with Crippen LogP contribution in [0, 0.1) is 18.3 Å². The molecule has 0 fully saturated rings. The Labute approximate surface area is 85.6 Å². The summed E-state index contributed by atoms with van der Waals surface area (Å²) in [6.45, 7) is 1.78. The molecule has 0 aliphatic rings. The first-order valence-corrected chi connectivity index (χ1v) is 4.82. The van der Waals surface area contributed by atoms with Gasteiger partial charge in [-0.3, -0.25) is 0 Å². The number of carbonyl (C=O) groups is 1. The summed E-state index contributed by atoms with van der Waals surface area (Å²) in [5.74, 6) is -1.35. The largest absolute Gasteiger partial charge is 0.549 e. The van der Waals surface area contributed by atoms with Crippen LogP contribution in [0.2, 0.25) is 0 Å². The Morgan fingerprint density at radius 1 is 1.71 bits per heavy atom. The zero-order chi connectivity index (χ0) is 10.6. The minimum Gasteiger partial charge on any atom is -0.549 e. The molecule has 0 amide bonds. The number of nitrogens with zero attached hydrogens (tertiary/aromatic N) is 2. The fourth-order valence-corrected chi connectivity index (χ4v) is 1.59. The van der Waals surface area contributed by atoms with Gasteiger partial charge >= 0.3 is 0 Å². The summed E-state index contributed by atoms with van der Waals surface area (Å²) in [5.41, 5.74) is 1.15. The van der Waals surface area contributed by atoms with Gasteiger partial charge in [-0.15, -0.1) is 0 Å². The molecular formula is C9H7N2O2S-. The number of hydrogen-bond donors (Lipinski definition) is 0. The number of carboxylic acid groups (broad SMARTS) is 1. The monoisotopic (exact) mass is 207 g/mol. The van der Waals surface area contributed by atoms with E-state index in [1.807, 2.05) is 6.07 Å². The van der Waals surface area contributed by atoms with Crippen molar-refractivity contribution >= 4 is 17.7 Å². The molecule has 1 heterocycles. The highest BCUT2D eigenvalue weighted by Gasteiger charge is 2.04. The van der Waals surface area contributed by atoms with Gasteiger partial charge in [-0.25, -0.2) is 4.98 Å². The zero-order valence-corrected chi connectivity index (χ0v) is 8.30. The van der Waals surface area contributed by atoms with Crippen molar-refractivity contribution in [1.82, 2.24) is 4.98 Å². The van der Waals surface area contributed by atoms with E-state index < -0.39 is 5.97 Å². The molecule has 72 valence electrons. The molecule has 0 bridgehead atoms. The minimum absolute atomic E-state index is 0.189. The summed E-state index contributed by atoms with van der Waals surface area (Å²) in [6.07, 6.45) is 0. The summed E-state index contributed by atoms with van der Waals surface area (Å²) in [7, 11) is 0. The van der Waals surface area contributed by atoms with Crippen molar-refractivity contribution < 1.29 is 9.90 Å². The molecule has 0 atom stereocenters. The average Bonchev–Trinajstić information content (AvgIpc) is 2.15. The molecule has 1 aromatic heterocycles. The van der Waals surface area contributed by atoms with Gasteiger partial charge in [0.15, 0.2) is 0 Å². The number of aryl methyl sites for hydroxylation is 1. The first-order chi connectivity index (χ1) is 6.63. The molecule has 1 aromatic rings. The number of aromatic nitrogens is 1. The Morgan fingerprint density at radius 2 is 2.43 bits per heavy atom. The van der Waals surface area contributed by atoms with Gasteiger partial charge in [-0.1, -0.05) is 11.8 Å². The van der Waals surface area contributed by atoms with Crippen LogP contribution < -0.4 is 5.11 Å². The van der Waals surface area contributed by atoms with E-state index in [1.54, 1.807) is 19.1 Å². The van der Waals surface area contributed by atoms with Crippen molar-refractivity contribution in [3.63, 3.8) is 0 Å². The predicted octanol–water partition coefficient (Wildman–Crippen LogP) is 0.104. The van der Waals surface area contributed by atoms with Gasteiger partial charge in [0.1, 0.15) is 11.1 Å². The highest BCUT2D eigenvalue weighted by atomic mass is 32.2. The smallest absolute Gasteiger partial charge is 0.114 e. The molecule has 0 unspecified atom stereocenters. The third kappa shape index (κ3) is 2.75. The Kier molecular flexibility index (Phi) is 3.48. The van der Waals surface area contributed by atoms with E-state index in [9.17, 15) is 9.90 Å². The number of aliphatic carboxylic acids is 1. The second-order valence-electron chi connectivity index (χ2n) is 2.58. The standard InChI is InChI=1S/C9H8N2O2S/c1-6-2-3-7(4-10)9(11-6)14-5-8(12)13/h2-3H,5H2,1H3,(H,12,13)/p-1. The van der Waals surface area contributed by atoms with Crippen LogP contribution in [0.3, 0.4) is 0 Å². The molecule has 0 spiro atoms. The maximum absolute atomic E-state index is 10.2. The predicted molar refractivity (Wildman–Crippen MR) is 49.4 cm³/mol. The van der Waals surface area contributed by atoms with Gasteiger partial charge in [-0.05, 0) is 19.1 Å². The van der Waals surface area contributed by atoms with Crippen LogP contribution in [0.4, 0.5) is 0 Å². The Hall–Kier alpha value is -1.54. The van der Waals surface area contributed by atoms with Crippen LogP contribution in [-0.2, 0) is 4.79 Å². The van der Waals surface area contributed by atoms with E-state index in [1.165, 1.54) is 0 Å². The van der Waals surface area contributed by atoms with Gasteiger partial charge in [0.2, 0.25) is 0 Å². The Balaban J connectivity index is 2.89. The Morgan fingerprint density at radius 3 is 3.00 bits per heavy atom. The van der Waals surface area contributed by atoms with E-state index in [2.05, 4.69) is 4.98 Å². The van der Waals surface area contributed by atoms with Crippen LogP contribution in [0.5, 0.6) is 0 Å². The summed E-state index contributed by atoms with van der Waals surface area (Å²) in [6, 6.07) is 5.28. The number of rotatable bonds is 3. The molecule has 0 aromatic carbocycles. The van der Waals surface area contributed by atoms with Gasteiger partial charge in [0.05, 0.1) is 11.5 Å². The van der Waals surface area contributed by atoms with Gasteiger partial charge in [0.25, 0.3) is 0 Å². The van der Waals surface area contributed by atoms with Crippen LogP contribution in [0.1, 0.15) is 11.3 Å². The lowest BCUT2D eigenvalue weighted by atomic mass is 10.3. The van der Waals surface area contributed by atoms with Crippen LogP contribution in [0.25, 0.3) is 0 Å². The quantitative estimate of drug-likeness (QED) is 0.657. The molecule has 0 saturated carbocycles. The number of carboxylic acids is 1. The van der Waals surface area contributed by atoms with Crippen molar-refractivity contribution in [2.24, 2.45) is 0 Å². The number of carbonyl (C=O) groups excluding carboxylic acids is 1. The number of pyridine rings is 1. The normalized spacial score (nSPS) is 9.43. The van der Waals surface area contributed by atoms with E-state index in [0.29, 0.717) is 10.6 Å². The number of thioether (sulfide) groups is 1. The molecule has 0 N–H and O–H groups in total. The van der Waals surface area contributed by atoms with Crippen molar-refractivity contribution in [3.8, 4) is 6.07 Å². The van der Waals surface area contributed by atoms with E-state index in [4.69, 9.17) is 5.26 Å². The topological polar surface area (TPSA) is 76.8 Å². The van der Waals surface area contributed by atoms with Crippen molar-refractivity contribution in [3.05, 3.63) is 23.4 Å². The maximum atomic E-state index is 10.2. The summed E-state index contributed by atoms with van der Waals surface area (Å²) in [5, 5.41) is 19.4. The van der Waals surface area contributed by atoms with Gasteiger partial charge < -0.3 is 9.90 Å². The van der Waals surface area contributed by atoms with Crippen LogP contribution in [0.15, 0.2) is 17.2 Å². The third-order valence-corrected chi connectivity index (χ3v) is 2.41. The lowest BCUT2D eigenvalue weighted by molar-refractivity contribution is -0.301. The fraction of sp³-hybridized carbons (Fsp3) is 0.222. The number of nitriles is 1. The molecule has 1 rings (SSSR count). The SMILES string of the molecule is Cc1ccc(C#N)c(SCC(=O)[O-])n1. The maximum Gasteiger partial charge on any atom is 0.114 e. The van der Waals surface area contributed by atoms with Crippen LogP contribution in [-0.4, -0.2) is 16.7 Å².